The molecule has 1 aliphatic rings. The zero-order valence-electron chi connectivity index (χ0n) is 12.3. The molecule has 0 aromatic heterocycles. The van der Waals surface area contributed by atoms with Crippen LogP contribution in [-0.4, -0.2) is 36.5 Å². The molecule has 1 saturated heterocycles. The van der Waals surface area contributed by atoms with Crippen molar-refractivity contribution in [3.63, 3.8) is 0 Å². The first-order valence-corrected chi connectivity index (χ1v) is 7.36. The van der Waals surface area contributed by atoms with Crippen molar-refractivity contribution in [3.8, 4) is 0 Å². The first-order valence-electron chi connectivity index (χ1n) is 7.36. The first kappa shape index (κ1) is 13.8. The molecule has 0 N–H and O–H groups in total. The lowest BCUT2D eigenvalue weighted by molar-refractivity contribution is -0.124. The van der Waals surface area contributed by atoms with Crippen molar-refractivity contribution in [2.75, 3.05) is 24.5 Å². The Hall–Kier alpha value is -2.13. The Labute approximate surface area is 125 Å². The molecule has 3 heteroatoms. The second-order valence-electron chi connectivity index (χ2n) is 5.45. The van der Waals surface area contributed by atoms with E-state index in [2.05, 4.69) is 29.7 Å². The average Bonchev–Trinajstić information content (AvgIpc) is 2.52. The Bertz CT molecular complexity index is 674. The van der Waals surface area contributed by atoms with Gasteiger partial charge < -0.3 is 4.90 Å². The first-order chi connectivity index (χ1) is 10.2. The van der Waals surface area contributed by atoms with Gasteiger partial charge in [-0.3, -0.25) is 9.69 Å². The average molecular weight is 280 g/mol. The molecule has 1 aliphatic heterocycles. The maximum Gasteiger partial charge on any atom is 0.244 e. The third-order valence-electron chi connectivity index (χ3n) is 4.20. The van der Waals surface area contributed by atoms with Gasteiger partial charge in [-0.1, -0.05) is 42.5 Å². The number of nitrogens with zero attached hydrogens (tertiary/aromatic N) is 2. The van der Waals surface area contributed by atoms with Gasteiger partial charge in [0.25, 0.3) is 0 Å². The number of hydrogen-bond donors (Lipinski definition) is 0. The summed E-state index contributed by atoms with van der Waals surface area (Å²) in [4.78, 5) is 16.8. The minimum atomic E-state index is -0.101. The largest absolute Gasteiger partial charge is 0.309 e. The van der Waals surface area contributed by atoms with Crippen LogP contribution in [0.15, 0.2) is 55.1 Å². The number of anilines is 1. The van der Waals surface area contributed by atoms with Crippen LogP contribution in [0.2, 0.25) is 0 Å². The van der Waals surface area contributed by atoms with E-state index in [1.165, 1.54) is 5.39 Å². The van der Waals surface area contributed by atoms with E-state index in [-0.39, 0.29) is 11.9 Å². The molecule has 1 atom stereocenters. The Morgan fingerprint density at radius 2 is 1.95 bits per heavy atom. The van der Waals surface area contributed by atoms with Gasteiger partial charge in [0.15, 0.2) is 0 Å². The van der Waals surface area contributed by atoms with E-state index in [9.17, 15) is 4.79 Å². The molecule has 1 fully saturated rings. The molecule has 3 rings (SSSR count). The molecule has 3 nitrogen and oxygen atoms in total. The van der Waals surface area contributed by atoms with Crippen LogP contribution >= 0.6 is 0 Å². The van der Waals surface area contributed by atoms with Gasteiger partial charge in [-0.2, -0.15) is 0 Å². The van der Waals surface area contributed by atoms with Gasteiger partial charge in [-0.05, 0) is 18.4 Å². The number of benzene rings is 2. The zero-order valence-corrected chi connectivity index (χ0v) is 12.3. The lowest BCUT2D eigenvalue weighted by Crippen LogP contribution is -2.56. The van der Waals surface area contributed by atoms with Crippen LogP contribution in [0.4, 0.5) is 5.69 Å². The van der Waals surface area contributed by atoms with Crippen LogP contribution in [-0.2, 0) is 4.79 Å². The molecule has 0 bridgehead atoms. The van der Waals surface area contributed by atoms with E-state index in [0.29, 0.717) is 0 Å². The molecule has 2 aromatic rings. The van der Waals surface area contributed by atoms with E-state index < -0.39 is 0 Å². The van der Waals surface area contributed by atoms with Gasteiger partial charge in [0.2, 0.25) is 5.91 Å². The number of fused-ring (bicyclic) bond motifs is 1. The van der Waals surface area contributed by atoms with Crippen LogP contribution in [0.3, 0.4) is 0 Å². The van der Waals surface area contributed by atoms with Crippen LogP contribution in [0.1, 0.15) is 6.92 Å². The minimum absolute atomic E-state index is 0.101. The Morgan fingerprint density at radius 3 is 2.76 bits per heavy atom. The maximum absolute atomic E-state index is 12.7. The van der Waals surface area contributed by atoms with Crippen LogP contribution < -0.4 is 4.90 Å². The van der Waals surface area contributed by atoms with Crippen LogP contribution in [0, 0.1) is 0 Å². The molecule has 0 saturated carbocycles. The molecule has 1 unspecified atom stereocenters. The van der Waals surface area contributed by atoms with E-state index in [0.717, 1.165) is 30.7 Å². The smallest absolute Gasteiger partial charge is 0.244 e. The highest BCUT2D eigenvalue weighted by Gasteiger charge is 2.31. The molecule has 1 amide bonds. The molecular formula is C18H20N2O. The van der Waals surface area contributed by atoms with Crippen molar-refractivity contribution in [1.29, 1.82) is 0 Å². The fourth-order valence-corrected chi connectivity index (χ4v) is 3.01. The highest BCUT2D eigenvalue weighted by Crippen LogP contribution is 2.29. The van der Waals surface area contributed by atoms with Gasteiger partial charge in [0, 0.05) is 25.0 Å². The molecule has 0 radical (unpaired) electrons. The van der Waals surface area contributed by atoms with Gasteiger partial charge >= 0.3 is 0 Å². The van der Waals surface area contributed by atoms with Gasteiger partial charge in [0.05, 0.1) is 11.7 Å². The fourth-order valence-electron chi connectivity index (χ4n) is 3.01. The number of rotatable bonds is 3. The summed E-state index contributed by atoms with van der Waals surface area (Å²) in [5.41, 5.74) is 1.02. The molecule has 0 aliphatic carbocycles. The Kier molecular flexibility index (Phi) is 3.76. The predicted octanol–water partition coefficient (Wildman–Crippen LogP) is 3.06. The highest BCUT2D eigenvalue weighted by atomic mass is 16.2. The van der Waals surface area contributed by atoms with Crippen molar-refractivity contribution in [2.24, 2.45) is 0 Å². The number of carbonyl (C=O) groups is 1. The summed E-state index contributed by atoms with van der Waals surface area (Å²) in [7, 11) is 0. The lowest BCUT2D eigenvalue weighted by atomic mass is 10.1. The van der Waals surface area contributed by atoms with E-state index in [1.807, 2.05) is 42.2 Å². The van der Waals surface area contributed by atoms with Crippen LogP contribution in [0.25, 0.3) is 10.8 Å². The highest BCUT2D eigenvalue weighted by molar-refractivity contribution is 6.05. The van der Waals surface area contributed by atoms with Gasteiger partial charge in [0.1, 0.15) is 0 Å². The SMILES string of the molecule is C=CCN1CCN(c2cccc3ccccc23)C(=O)C1C. The van der Waals surface area contributed by atoms with E-state index in [4.69, 9.17) is 0 Å². The summed E-state index contributed by atoms with van der Waals surface area (Å²) < 4.78 is 0. The topological polar surface area (TPSA) is 23.6 Å². The zero-order chi connectivity index (χ0) is 14.8. The molecule has 1 heterocycles. The van der Waals surface area contributed by atoms with Crippen molar-refractivity contribution in [1.82, 2.24) is 4.90 Å². The molecular weight excluding hydrogens is 260 g/mol. The molecule has 0 spiro atoms. The molecule has 108 valence electrons. The van der Waals surface area contributed by atoms with Crippen molar-refractivity contribution < 1.29 is 4.79 Å². The summed E-state index contributed by atoms with van der Waals surface area (Å²) in [5.74, 6) is 0.166. The monoisotopic (exact) mass is 280 g/mol. The quantitative estimate of drug-likeness (QED) is 0.807. The molecule has 21 heavy (non-hydrogen) atoms. The normalized spacial score (nSPS) is 20.0. The summed E-state index contributed by atoms with van der Waals surface area (Å²) in [6.07, 6.45) is 1.86. The summed E-state index contributed by atoms with van der Waals surface area (Å²) >= 11 is 0. The second-order valence-corrected chi connectivity index (χ2v) is 5.45. The van der Waals surface area contributed by atoms with Crippen molar-refractivity contribution >= 4 is 22.4 Å². The minimum Gasteiger partial charge on any atom is -0.309 e. The fraction of sp³-hybridized carbons (Fsp3) is 0.278. The number of carbonyl (C=O) groups excluding carboxylic acids is 1. The molecule has 2 aromatic carbocycles. The number of hydrogen-bond acceptors (Lipinski definition) is 2. The summed E-state index contributed by atoms with van der Waals surface area (Å²) in [6, 6.07) is 14.3. The summed E-state index contributed by atoms with van der Waals surface area (Å²) in [6.45, 7) is 8.11. The maximum atomic E-state index is 12.7. The van der Waals surface area contributed by atoms with E-state index in [1.54, 1.807) is 0 Å². The Balaban J connectivity index is 1.97. The standard InChI is InChI=1S/C18H20N2O/c1-3-11-19-12-13-20(18(21)14(19)2)17-10-6-8-15-7-4-5-9-16(15)17/h3-10,14H,1,11-13H2,2H3. The van der Waals surface area contributed by atoms with E-state index >= 15 is 0 Å². The number of piperazine rings is 1. The lowest BCUT2D eigenvalue weighted by Gasteiger charge is -2.39. The van der Waals surface area contributed by atoms with Crippen LogP contribution in [0.5, 0.6) is 0 Å². The van der Waals surface area contributed by atoms with Gasteiger partial charge in [-0.15, -0.1) is 6.58 Å². The number of amides is 1. The van der Waals surface area contributed by atoms with Gasteiger partial charge in [-0.25, -0.2) is 0 Å². The summed E-state index contributed by atoms with van der Waals surface area (Å²) in [5, 5.41) is 2.31. The van der Waals surface area contributed by atoms with Crippen molar-refractivity contribution in [3.05, 3.63) is 55.1 Å². The second kappa shape index (κ2) is 5.70. The Morgan fingerprint density at radius 1 is 1.19 bits per heavy atom. The third kappa shape index (κ3) is 2.45. The predicted molar refractivity (Wildman–Crippen MR) is 87.5 cm³/mol. The third-order valence-corrected chi connectivity index (χ3v) is 4.20. The van der Waals surface area contributed by atoms with Crippen molar-refractivity contribution in [2.45, 2.75) is 13.0 Å².